The SMILES string of the molecule is CC(CO)COc1ncnc2[nH]cc(/C=C/C(N)=O)c12. The summed E-state index contributed by atoms with van der Waals surface area (Å²) in [7, 11) is 0. The number of rotatable bonds is 6. The Hall–Kier alpha value is -2.41. The van der Waals surface area contributed by atoms with Crippen molar-refractivity contribution in [1.82, 2.24) is 15.0 Å². The lowest BCUT2D eigenvalue weighted by atomic mass is 10.2. The molecule has 2 aromatic rings. The summed E-state index contributed by atoms with van der Waals surface area (Å²) in [6.45, 7) is 2.24. The van der Waals surface area contributed by atoms with Gasteiger partial charge in [0.05, 0.1) is 12.0 Å². The molecule has 0 saturated carbocycles. The number of hydrogen-bond donors (Lipinski definition) is 3. The van der Waals surface area contributed by atoms with Crippen molar-refractivity contribution in [3.63, 3.8) is 0 Å². The van der Waals surface area contributed by atoms with Crippen molar-refractivity contribution in [3.8, 4) is 5.88 Å². The molecule has 0 bridgehead atoms. The highest BCUT2D eigenvalue weighted by molar-refractivity contribution is 5.96. The second kappa shape index (κ2) is 6.16. The zero-order valence-electron chi connectivity index (χ0n) is 11.0. The quantitative estimate of drug-likeness (QED) is 0.663. The number of amides is 1. The molecule has 2 heterocycles. The Morgan fingerprint density at radius 2 is 2.40 bits per heavy atom. The second-order valence-corrected chi connectivity index (χ2v) is 4.48. The van der Waals surface area contributed by atoms with Crippen molar-refractivity contribution in [3.05, 3.63) is 24.2 Å². The number of ether oxygens (including phenoxy) is 1. The number of H-pyrrole nitrogens is 1. The van der Waals surface area contributed by atoms with Crippen LogP contribution in [0.3, 0.4) is 0 Å². The Morgan fingerprint density at radius 3 is 3.10 bits per heavy atom. The van der Waals surface area contributed by atoms with Gasteiger partial charge in [-0.3, -0.25) is 4.79 Å². The van der Waals surface area contributed by atoms with Gasteiger partial charge in [0, 0.05) is 30.4 Å². The summed E-state index contributed by atoms with van der Waals surface area (Å²) >= 11 is 0. The lowest BCUT2D eigenvalue weighted by Crippen LogP contribution is -2.13. The van der Waals surface area contributed by atoms with E-state index in [0.29, 0.717) is 29.1 Å². The number of aliphatic hydroxyl groups is 1. The van der Waals surface area contributed by atoms with Gasteiger partial charge in [-0.1, -0.05) is 6.92 Å². The van der Waals surface area contributed by atoms with E-state index < -0.39 is 5.91 Å². The van der Waals surface area contributed by atoms with Gasteiger partial charge in [0.15, 0.2) is 0 Å². The molecule has 2 rings (SSSR count). The Labute approximate surface area is 115 Å². The first-order valence-corrected chi connectivity index (χ1v) is 6.15. The van der Waals surface area contributed by atoms with Crippen LogP contribution >= 0.6 is 0 Å². The van der Waals surface area contributed by atoms with Crippen molar-refractivity contribution in [2.24, 2.45) is 11.7 Å². The molecule has 4 N–H and O–H groups in total. The minimum absolute atomic E-state index is 0.00330. The molecule has 20 heavy (non-hydrogen) atoms. The van der Waals surface area contributed by atoms with Crippen molar-refractivity contribution >= 4 is 23.0 Å². The van der Waals surface area contributed by atoms with Crippen LogP contribution in [0.2, 0.25) is 0 Å². The molecule has 0 aromatic carbocycles. The minimum Gasteiger partial charge on any atom is -0.477 e. The number of carbonyl (C=O) groups excluding carboxylic acids is 1. The molecule has 0 radical (unpaired) electrons. The summed E-state index contributed by atoms with van der Waals surface area (Å²) in [5.74, 6) is -0.128. The summed E-state index contributed by atoms with van der Waals surface area (Å²) in [4.78, 5) is 22.0. The zero-order chi connectivity index (χ0) is 14.5. The molecule has 7 nitrogen and oxygen atoms in total. The Kier molecular flexibility index (Phi) is 4.31. The highest BCUT2D eigenvalue weighted by atomic mass is 16.5. The number of fused-ring (bicyclic) bond motifs is 1. The van der Waals surface area contributed by atoms with Crippen LogP contribution in [-0.2, 0) is 4.79 Å². The first-order valence-electron chi connectivity index (χ1n) is 6.15. The number of primary amides is 1. The fourth-order valence-corrected chi connectivity index (χ4v) is 1.64. The summed E-state index contributed by atoms with van der Waals surface area (Å²) in [6, 6.07) is 0. The van der Waals surface area contributed by atoms with Crippen LogP contribution in [0.25, 0.3) is 17.1 Å². The molecule has 106 valence electrons. The lowest BCUT2D eigenvalue weighted by molar-refractivity contribution is -0.113. The van der Waals surface area contributed by atoms with Gasteiger partial charge in [-0.15, -0.1) is 0 Å². The van der Waals surface area contributed by atoms with Crippen LogP contribution in [0.5, 0.6) is 5.88 Å². The smallest absolute Gasteiger partial charge is 0.241 e. The first kappa shape index (κ1) is 14.0. The maximum Gasteiger partial charge on any atom is 0.241 e. The van der Waals surface area contributed by atoms with E-state index in [1.54, 1.807) is 12.3 Å². The molecule has 1 amide bonds. The predicted octanol–water partition coefficient (Wildman–Crippen LogP) is 0.464. The number of nitrogens with two attached hydrogens (primary N) is 1. The van der Waals surface area contributed by atoms with Crippen LogP contribution in [-0.4, -0.2) is 39.2 Å². The van der Waals surface area contributed by atoms with Crippen molar-refractivity contribution < 1.29 is 14.6 Å². The van der Waals surface area contributed by atoms with Gasteiger partial charge in [0.1, 0.15) is 12.0 Å². The van der Waals surface area contributed by atoms with Crippen molar-refractivity contribution in [2.75, 3.05) is 13.2 Å². The average molecular weight is 276 g/mol. The third kappa shape index (κ3) is 3.12. The molecular formula is C13H16N4O3. The highest BCUT2D eigenvalue weighted by Gasteiger charge is 2.12. The third-order valence-electron chi connectivity index (χ3n) is 2.71. The van der Waals surface area contributed by atoms with Crippen molar-refractivity contribution in [2.45, 2.75) is 6.92 Å². The molecule has 1 atom stereocenters. The molecule has 0 aliphatic rings. The van der Waals surface area contributed by atoms with E-state index in [-0.39, 0.29) is 12.5 Å². The van der Waals surface area contributed by atoms with E-state index in [1.165, 1.54) is 12.4 Å². The molecule has 0 saturated heterocycles. The number of aliphatic hydroxyl groups excluding tert-OH is 1. The lowest BCUT2D eigenvalue weighted by Gasteiger charge is -2.10. The number of carbonyl (C=O) groups is 1. The van der Waals surface area contributed by atoms with Gasteiger partial charge in [-0.2, -0.15) is 0 Å². The van der Waals surface area contributed by atoms with E-state index in [2.05, 4.69) is 15.0 Å². The number of aromatic nitrogens is 3. The summed E-state index contributed by atoms with van der Waals surface area (Å²) in [5.41, 5.74) is 6.40. The molecule has 7 heteroatoms. The highest BCUT2D eigenvalue weighted by Crippen LogP contribution is 2.26. The van der Waals surface area contributed by atoms with E-state index in [4.69, 9.17) is 15.6 Å². The molecule has 2 aromatic heterocycles. The molecule has 0 spiro atoms. The minimum atomic E-state index is -0.535. The van der Waals surface area contributed by atoms with Gasteiger partial charge in [0.2, 0.25) is 11.8 Å². The topological polar surface area (TPSA) is 114 Å². The largest absolute Gasteiger partial charge is 0.477 e. The van der Waals surface area contributed by atoms with Crippen LogP contribution in [0.15, 0.2) is 18.6 Å². The van der Waals surface area contributed by atoms with Crippen LogP contribution in [0.4, 0.5) is 0 Å². The fourth-order valence-electron chi connectivity index (χ4n) is 1.64. The Morgan fingerprint density at radius 1 is 1.60 bits per heavy atom. The summed E-state index contributed by atoms with van der Waals surface area (Å²) in [5, 5.41) is 9.68. The van der Waals surface area contributed by atoms with E-state index in [0.717, 1.165) is 0 Å². The molecule has 1 unspecified atom stereocenters. The van der Waals surface area contributed by atoms with Crippen LogP contribution in [0, 0.1) is 5.92 Å². The Bertz CT molecular complexity index is 636. The third-order valence-corrected chi connectivity index (χ3v) is 2.71. The van der Waals surface area contributed by atoms with Gasteiger partial charge in [-0.05, 0) is 6.08 Å². The van der Waals surface area contributed by atoms with E-state index in [1.807, 2.05) is 6.92 Å². The molecule has 0 fully saturated rings. The average Bonchev–Trinajstić information content (AvgIpc) is 2.86. The number of hydrogen-bond acceptors (Lipinski definition) is 5. The number of nitrogens with zero attached hydrogens (tertiary/aromatic N) is 2. The maximum atomic E-state index is 10.8. The van der Waals surface area contributed by atoms with Gasteiger partial charge < -0.3 is 20.6 Å². The van der Waals surface area contributed by atoms with Crippen LogP contribution < -0.4 is 10.5 Å². The summed E-state index contributed by atoms with van der Waals surface area (Å²) in [6.07, 6.45) is 5.92. The predicted molar refractivity (Wildman–Crippen MR) is 73.9 cm³/mol. The van der Waals surface area contributed by atoms with Gasteiger partial charge >= 0.3 is 0 Å². The normalized spacial score (nSPS) is 12.9. The zero-order valence-corrected chi connectivity index (χ0v) is 11.0. The van der Waals surface area contributed by atoms with Gasteiger partial charge in [-0.25, -0.2) is 9.97 Å². The molecular weight excluding hydrogens is 260 g/mol. The monoisotopic (exact) mass is 276 g/mol. The maximum absolute atomic E-state index is 10.8. The van der Waals surface area contributed by atoms with E-state index >= 15 is 0 Å². The van der Waals surface area contributed by atoms with E-state index in [9.17, 15) is 4.79 Å². The summed E-state index contributed by atoms with van der Waals surface area (Å²) < 4.78 is 5.60. The standard InChI is InChI=1S/C13H16N4O3/c1-8(5-18)6-20-13-11-9(2-3-10(14)19)4-15-12(11)16-7-17-13/h2-4,7-8,18H,5-6H2,1H3,(H2,14,19)(H,15,16,17)/b3-2+. The van der Waals surface area contributed by atoms with Gasteiger partial charge in [0.25, 0.3) is 0 Å². The molecule has 0 aliphatic heterocycles. The number of aromatic amines is 1. The number of nitrogens with one attached hydrogen (secondary N) is 1. The first-order chi connectivity index (χ1) is 9.61. The molecule has 0 aliphatic carbocycles. The Balaban J connectivity index is 2.34. The van der Waals surface area contributed by atoms with Crippen LogP contribution in [0.1, 0.15) is 12.5 Å². The van der Waals surface area contributed by atoms with Crippen molar-refractivity contribution in [1.29, 1.82) is 0 Å². The fraction of sp³-hybridized carbons (Fsp3) is 0.308. The second-order valence-electron chi connectivity index (χ2n) is 4.48.